The number of benzene rings is 1. The number of thioether (sulfide) groups is 1. The topological polar surface area (TPSA) is 58.5 Å². The van der Waals surface area contributed by atoms with Gasteiger partial charge in [0, 0.05) is 18.6 Å². The third-order valence-electron chi connectivity index (χ3n) is 3.76. The molecule has 1 aliphatic heterocycles. The third-order valence-corrected chi connectivity index (χ3v) is 5.02. The Morgan fingerprint density at radius 3 is 2.59 bits per heavy atom. The van der Waals surface area contributed by atoms with E-state index >= 15 is 0 Å². The largest absolute Gasteiger partial charge is 0.271 e. The van der Waals surface area contributed by atoms with Gasteiger partial charge in [-0.05, 0) is 53.7 Å². The maximum atomic E-state index is 13.1. The van der Waals surface area contributed by atoms with Crippen LogP contribution in [0.5, 0.6) is 0 Å². The Hall–Kier alpha value is -2.96. The quantitative estimate of drug-likeness (QED) is 0.468. The summed E-state index contributed by atoms with van der Waals surface area (Å²) in [4.78, 5) is 28.0. The molecule has 0 aliphatic carbocycles. The second-order valence-electron chi connectivity index (χ2n) is 5.58. The minimum atomic E-state index is -0.145. The molecule has 4 rings (SSSR count). The molecular formula is C20H13ClN4OS. The fourth-order valence-corrected chi connectivity index (χ4v) is 3.69. The molecule has 0 spiro atoms. The van der Waals surface area contributed by atoms with Gasteiger partial charge in [0.25, 0.3) is 5.91 Å². The average molecular weight is 393 g/mol. The van der Waals surface area contributed by atoms with Crippen molar-refractivity contribution in [3.63, 3.8) is 0 Å². The zero-order valence-corrected chi connectivity index (χ0v) is 15.6. The van der Waals surface area contributed by atoms with Gasteiger partial charge < -0.3 is 0 Å². The van der Waals surface area contributed by atoms with Gasteiger partial charge in [-0.2, -0.15) is 0 Å². The molecule has 5 nitrogen and oxygen atoms in total. The molecule has 1 fully saturated rings. The Bertz CT molecular complexity index is 1040. The SMILES string of the molecule is O=C1/C(=C/c2cccnc2)SC(=Nc2cccnc2Cl)N1c1ccccc1. The van der Waals surface area contributed by atoms with Crippen LogP contribution in [0.2, 0.25) is 5.15 Å². The minimum Gasteiger partial charge on any atom is -0.268 e. The minimum absolute atomic E-state index is 0.145. The molecule has 0 saturated carbocycles. The first-order valence-electron chi connectivity index (χ1n) is 8.10. The van der Waals surface area contributed by atoms with Gasteiger partial charge >= 0.3 is 0 Å². The van der Waals surface area contributed by atoms with Gasteiger partial charge in [-0.15, -0.1) is 0 Å². The molecule has 2 aromatic heterocycles. The van der Waals surface area contributed by atoms with Crippen LogP contribution in [0.25, 0.3) is 6.08 Å². The number of hydrogen-bond acceptors (Lipinski definition) is 5. The summed E-state index contributed by atoms with van der Waals surface area (Å²) >= 11 is 7.44. The lowest BCUT2D eigenvalue weighted by Crippen LogP contribution is -2.28. The average Bonchev–Trinajstić information content (AvgIpc) is 3.00. The molecule has 0 unspecified atom stereocenters. The number of nitrogens with zero attached hydrogens (tertiary/aromatic N) is 4. The molecule has 132 valence electrons. The molecule has 1 saturated heterocycles. The number of anilines is 1. The fourth-order valence-electron chi connectivity index (χ4n) is 2.53. The van der Waals surface area contributed by atoms with Gasteiger partial charge in [0.05, 0.1) is 10.6 Å². The zero-order valence-electron chi connectivity index (χ0n) is 14.0. The Kier molecular flexibility index (Phi) is 5.00. The van der Waals surface area contributed by atoms with Crippen molar-refractivity contribution in [1.82, 2.24) is 9.97 Å². The molecule has 3 heterocycles. The van der Waals surface area contributed by atoms with Gasteiger partial charge in [-0.1, -0.05) is 35.9 Å². The first-order chi connectivity index (χ1) is 13.2. The van der Waals surface area contributed by atoms with Gasteiger partial charge in [0.15, 0.2) is 10.3 Å². The highest BCUT2D eigenvalue weighted by molar-refractivity contribution is 8.19. The summed E-state index contributed by atoms with van der Waals surface area (Å²) in [5, 5.41) is 0.812. The van der Waals surface area contributed by atoms with Crippen LogP contribution in [0, 0.1) is 0 Å². The molecule has 7 heteroatoms. The van der Waals surface area contributed by atoms with E-state index in [1.165, 1.54) is 11.8 Å². The summed E-state index contributed by atoms with van der Waals surface area (Å²) in [6.45, 7) is 0. The van der Waals surface area contributed by atoms with Crippen molar-refractivity contribution in [2.24, 2.45) is 4.99 Å². The third kappa shape index (κ3) is 3.77. The number of aliphatic imine (C=N–C) groups is 1. The number of carbonyl (C=O) groups excluding carboxylic acids is 1. The molecular weight excluding hydrogens is 380 g/mol. The molecule has 27 heavy (non-hydrogen) atoms. The highest BCUT2D eigenvalue weighted by Gasteiger charge is 2.34. The highest BCUT2D eigenvalue weighted by atomic mass is 35.5. The lowest BCUT2D eigenvalue weighted by molar-refractivity contribution is -0.113. The van der Waals surface area contributed by atoms with E-state index in [9.17, 15) is 4.79 Å². The van der Waals surface area contributed by atoms with E-state index in [1.54, 1.807) is 35.6 Å². The predicted molar refractivity (Wildman–Crippen MR) is 110 cm³/mol. The first-order valence-corrected chi connectivity index (χ1v) is 9.30. The van der Waals surface area contributed by atoms with E-state index in [-0.39, 0.29) is 11.1 Å². The first kappa shape index (κ1) is 17.5. The molecule has 3 aromatic rings. The lowest BCUT2D eigenvalue weighted by atomic mass is 10.2. The van der Waals surface area contributed by atoms with E-state index in [1.807, 2.05) is 48.5 Å². The molecule has 0 radical (unpaired) electrons. The number of halogens is 1. The summed E-state index contributed by atoms with van der Waals surface area (Å²) in [5.41, 5.74) is 2.10. The summed E-state index contributed by atoms with van der Waals surface area (Å²) < 4.78 is 0. The number of para-hydroxylation sites is 1. The highest BCUT2D eigenvalue weighted by Crippen LogP contribution is 2.37. The van der Waals surface area contributed by atoms with Crippen molar-refractivity contribution in [3.05, 3.63) is 88.8 Å². The Morgan fingerprint density at radius 1 is 1.04 bits per heavy atom. The number of rotatable bonds is 3. The maximum absolute atomic E-state index is 13.1. The molecule has 0 bridgehead atoms. The van der Waals surface area contributed by atoms with E-state index in [0.29, 0.717) is 15.8 Å². The van der Waals surface area contributed by atoms with E-state index in [2.05, 4.69) is 15.0 Å². The lowest BCUT2D eigenvalue weighted by Gasteiger charge is -2.15. The summed E-state index contributed by atoms with van der Waals surface area (Å²) in [6, 6.07) is 16.6. The second-order valence-corrected chi connectivity index (χ2v) is 6.95. The van der Waals surface area contributed by atoms with E-state index in [0.717, 1.165) is 11.3 Å². The Balaban J connectivity index is 1.79. The van der Waals surface area contributed by atoms with Crippen LogP contribution in [0.3, 0.4) is 0 Å². The van der Waals surface area contributed by atoms with Gasteiger partial charge in [-0.3, -0.25) is 14.7 Å². The van der Waals surface area contributed by atoms with E-state index in [4.69, 9.17) is 11.6 Å². The van der Waals surface area contributed by atoms with Crippen molar-refractivity contribution >= 4 is 51.9 Å². The van der Waals surface area contributed by atoms with E-state index < -0.39 is 0 Å². The number of amides is 1. The van der Waals surface area contributed by atoms with Crippen LogP contribution in [0.1, 0.15) is 5.56 Å². The monoisotopic (exact) mass is 392 g/mol. The molecule has 0 atom stereocenters. The van der Waals surface area contributed by atoms with Gasteiger partial charge in [-0.25, -0.2) is 9.98 Å². The predicted octanol–water partition coefficient (Wildman–Crippen LogP) is 4.94. The maximum Gasteiger partial charge on any atom is 0.271 e. The fraction of sp³-hybridized carbons (Fsp3) is 0. The van der Waals surface area contributed by atoms with Crippen LogP contribution >= 0.6 is 23.4 Å². The van der Waals surface area contributed by atoms with Crippen molar-refractivity contribution in [1.29, 1.82) is 0 Å². The summed E-state index contributed by atoms with van der Waals surface area (Å²) in [7, 11) is 0. The van der Waals surface area contributed by atoms with Gasteiger partial charge in [0.2, 0.25) is 0 Å². The number of hydrogen-bond donors (Lipinski definition) is 0. The number of amidine groups is 1. The van der Waals surface area contributed by atoms with Crippen molar-refractivity contribution in [2.45, 2.75) is 0 Å². The number of carbonyl (C=O) groups is 1. The Labute approximate surface area is 165 Å². The zero-order chi connectivity index (χ0) is 18.6. The normalized spacial score (nSPS) is 17.1. The van der Waals surface area contributed by atoms with Crippen molar-refractivity contribution in [2.75, 3.05) is 4.90 Å². The molecule has 1 amide bonds. The van der Waals surface area contributed by atoms with Crippen LogP contribution < -0.4 is 4.90 Å². The van der Waals surface area contributed by atoms with Gasteiger partial charge in [0.1, 0.15) is 5.69 Å². The molecule has 0 N–H and O–H groups in total. The molecule has 1 aromatic carbocycles. The number of aromatic nitrogens is 2. The van der Waals surface area contributed by atoms with Crippen LogP contribution in [-0.2, 0) is 4.79 Å². The van der Waals surface area contributed by atoms with Crippen molar-refractivity contribution in [3.8, 4) is 0 Å². The summed E-state index contributed by atoms with van der Waals surface area (Å²) in [5.74, 6) is -0.145. The molecule has 1 aliphatic rings. The van der Waals surface area contributed by atoms with Crippen LogP contribution in [0.4, 0.5) is 11.4 Å². The van der Waals surface area contributed by atoms with Crippen LogP contribution in [-0.4, -0.2) is 21.0 Å². The Morgan fingerprint density at radius 2 is 1.85 bits per heavy atom. The van der Waals surface area contributed by atoms with Crippen LogP contribution in [0.15, 0.2) is 83.1 Å². The summed E-state index contributed by atoms with van der Waals surface area (Å²) in [6.07, 6.45) is 6.81. The standard InChI is InChI=1S/C20H13ClN4OS/c21-18-16(9-5-11-23-18)24-20-25(15-7-2-1-3-8-15)19(26)17(27-20)12-14-6-4-10-22-13-14/h1-13H/b17-12-,24-20?. The smallest absolute Gasteiger partial charge is 0.268 e. The van der Waals surface area contributed by atoms with Crippen molar-refractivity contribution < 1.29 is 4.79 Å². The number of pyridine rings is 2. The second kappa shape index (κ2) is 7.73.